The Morgan fingerprint density at radius 1 is 0.796 bits per heavy atom. The summed E-state index contributed by atoms with van der Waals surface area (Å²) in [7, 11) is 1.68. The highest BCUT2D eigenvalue weighted by Crippen LogP contribution is 2.72. The maximum Gasteiger partial charge on any atom is 0.187 e. The van der Waals surface area contributed by atoms with Crippen molar-refractivity contribution in [3.05, 3.63) is 11.6 Å². The fraction of sp³-hybridized carbons (Fsp3) is 0.950. The molecule has 14 heteroatoms. The van der Waals surface area contributed by atoms with Crippen LogP contribution in [0.3, 0.4) is 0 Å². The minimum Gasteiger partial charge on any atom is -0.394 e. The molecule has 0 bridgehead atoms. The molecule has 54 heavy (non-hydrogen) atoms. The summed E-state index contributed by atoms with van der Waals surface area (Å²) < 4.78 is 43.2. The predicted octanol–water partition coefficient (Wildman–Crippen LogP) is 1.48. The topological polar surface area (TPSA) is 206 Å². The molecule has 4 heterocycles. The molecule has 0 radical (unpaired) electrons. The standard InChI is InChI=1S/C40H64O14/c1-18-9-14-39(54-34(18)48-6)20(3)40(47)27(53-39)16-25-23-8-7-21-15-22(10-12-37(21,4)24(23)11-13-38(25,40)5)50-36-33(31(45)29(43)26(17-41)51-36)52-35-32(46)30(44)28(42)19(2)49-35/h7,18-20,22-36,41-47H,8-17H2,1-6H3. The van der Waals surface area contributed by atoms with Gasteiger partial charge in [0.05, 0.1) is 24.9 Å². The minimum absolute atomic E-state index is 0.0632. The number of ether oxygens (including phenoxy) is 7. The van der Waals surface area contributed by atoms with E-state index in [9.17, 15) is 35.7 Å². The Hall–Kier alpha value is -0.820. The van der Waals surface area contributed by atoms with E-state index in [-0.39, 0.29) is 41.2 Å². The van der Waals surface area contributed by atoms with Gasteiger partial charge < -0.3 is 68.9 Å². The van der Waals surface area contributed by atoms with Crippen molar-refractivity contribution in [1.82, 2.24) is 0 Å². The van der Waals surface area contributed by atoms with Gasteiger partial charge in [0.15, 0.2) is 24.7 Å². The first-order valence-corrected chi connectivity index (χ1v) is 20.5. The molecule has 308 valence electrons. The van der Waals surface area contributed by atoms with Crippen LogP contribution in [-0.2, 0) is 33.2 Å². The highest BCUT2D eigenvalue weighted by Gasteiger charge is 2.76. The van der Waals surface area contributed by atoms with Crippen LogP contribution in [0.4, 0.5) is 0 Å². The second-order valence-electron chi connectivity index (χ2n) is 18.6. The van der Waals surface area contributed by atoms with E-state index in [1.54, 1.807) is 7.11 Å². The molecule has 1 spiro atoms. The lowest BCUT2D eigenvalue weighted by Gasteiger charge is -2.60. The monoisotopic (exact) mass is 768 g/mol. The van der Waals surface area contributed by atoms with Gasteiger partial charge in [-0.1, -0.05) is 39.3 Å². The van der Waals surface area contributed by atoms with Gasteiger partial charge >= 0.3 is 0 Å². The van der Waals surface area contributed by atoms with Crippen LogP contribution in [0, 0.1) is 40.4 Å². The van der Waals surface area contributed by atoms with E-state index in [4.69, 9.17) is 33.2 Å². The Kier molecular flexibility index (Phi) is 10.5. The molecular weight excluding hydrogens is 704 g/mol. The zero-order chi connectivity index (χ0) is 38.7. The van der Waals surface area contributed by atoms with Gasteiger partial charge in [0.25, 0.3) is 0 Å². The summed E-state index contributed by atoms with van der Waals surface area (Å²) in [5.74, 6) is 0.347. The summed E-state index contributed by atoms with van der Waals surface area (Å²) in [6.45, 7) is 9.90. The summed E-state index contributed by atoms with van der Waals surface area (Å²) in [6.07, 6.45) is -4.73. The fourth-order valence-electron chi connectivity index (χ4n) is 12.8. The molecule has 0 aromatic heterocycles. The quantitative estimate of drug-likeness (QED) is 0.191. The zero-order valence-corrected chi connectivity index (χ0v) is 32.5. The number of fused-ring (bicyclic) bond motifs is 7. The van der Waals surface area contributed by atoms with Crippen molar-refractivity contribution in [3.63, 3.8) is 0 Å². The van der Waals surface area contributed by atoms with Gasteiger partial charge in [-0.15, -0.1) is 0 Å². The second-order valence-corrected chi connectivity index (χ2v) is 18.6. The number of aliphatic hydroxyl groups is 7. The van der Waals surface area contributed by atoms with E-state index in [2.05, 4.69) is 33.8 Å². The van der Waals surface area contributed by atoms with Crippen molar-refractivity contribution in [1.29, 1.82) is 0 Å². The van der Waals surface area contributed by atoms with Gasteiger partial charge in [0.1, 0.15) is 48.3 Å². The van der Waals surface area contributed by atoms with E-state index in [1.165, 1.54) is 12.5 Å². The third-order valence-electron chi connectivity index (χ3n) is 16.2. The predicted molar refractivity (Wildman–Crippen MR) is 189 cm³/mol. The van der Waals surface area contributed by atoms with E-state index in [1.807, 2.05) is 0 Å². The molecule has 4 saturated heterocycles. The van der Waals surface area contributed by atoms with Crippen molar-refractivity contribution >= 4 is 0 Å². The molecule has 22 atom stereocenters. The van der Waals surface area contributed by atoms with Crippen LogP contribution in [0.5, 0.6) is 0 Å². The maximum atomic E-state index is 12.8. The first-order valence-electron chi connectivity index (χ1n) is 20.5. The van der Waals surface area contributed by atoms with Crippen molar-refractivity contribution in [2.75, 3.05) is 13.7 Å². The van der Waals surface area contributed by atoms with E-state index in [0.717, 1.165) is 44.9 Å². The summed E-state index contributed by atoms with van der Waals surface area (Å²) in [5, 5.41) is 75.8. The van der Waals surface area contributed by atoms with Crippen LogP contribution in [0.25, 0.3) is 0 Å². The van der Waals surface area contributed by atoms with Gasteiger partial charge in [-0.05, 0) is 81.5 Å². The van der Waals surface area contributed by atoms with Crippen LogP contribution < -0.4 is 0 Å². The molecule has 0 amide bonds. The summed E-state index contributed by atoms with van der Waals surface area (Å²) in [4.78, 5) is 0. The average molecular weight is 769 g/mol. The van der Waals surface area contributed by atoms with Crippen LogP contribution in [0.15, 0.2) is 11.6 Å². The normalized spacial score (nSPS) is 58.6. The highest BCUT2D eigenvalue weighted by atomic mass is 16.8. The first-order chi connectivity index (χ1) is 25.5. The molecule has 4 aliphatic heterocycles. The van der Waals surface area contributed by atoms with Crippen molar-refractivity contribution in [2.45, 2.75) is 184 Å². The Morgan fingerprint density at radius 3 is 2.28 bits per heavy atom. The van der Waals surface area contributed by atoms with E-state index < -0.39 is 79.4 Å². The van der Waals surface area contributed by atoms with E-state index >= 15 is 0 Å². The molecular formula is C40H64O14. The Bertz CT molecular complexity index is 1420. The summed E-state index contributed by atoms with van der Waals surface area (Å²) in [5.41, 5.74) is -0.0616. The van der Waals surface area contributed by atoms with Gasteiger partial charge in [-0.25, -0.2) is 0 Å². The lowest BCUT2D eigenvalue weighted by atomic mass is 9.46. The molecule has 4 aliphatic carbocycles. The van der Waals surface area contributed by atoms with Gasteiger partial charge in [0, 0.05) is 30.8 Å². The average Bonchev–Trinajstić information content (AvgIpc) is 3.51. The van der Waals surface area contributed by atoms with Crippen LogP contribution >= 0.6 is 0 Å². The second kappa shape index (κ2) is 14.2. The molecule has 14 nitrogen and oxygen atoms in total. The number of aliphatic hydroxyl groups excluding tert-OH is 6. The Morgan fingerprint density at radius 2 is 1.56 bits per heavy atom. The molecule has 8 rings (SSSR count). The fourth-order valence-corrected chi connectivity index (χ4v) is 12.8. The third-order valence-corrected chi connectivity index (χ3v) is 16.2. The zero-order valence-electron chi connectivity index (χ0n) is 32.5. The van der Waals surface area contributed by atoms with Crippen molar-refractivity contribution in [2.24, 2.45) is 40.4 Å². The molecule has 3 saturated carbocycles. The van der Waals surface area contributed by atoms with Gasteiger partial charge in [0.2, 0.25) is 0 Å². The first kappa shape index (κ1) is 40.0. The van der Waals surface area contributed by atoms with Crippen molar-refractivity contribution < 1.29 is 68.9 Å². The number of hydrogen-bond acceptors (Lipinski definition) is 14. The molecule has 0 aromatic carbocycles. The van der Waals surface area contributed by atoms with Gasteiger partial charge in [-0.2, -0.15) is 0 Å². The summed E-state index contributed by atoms with van der Waals surface area (Å²) in [6, 6.07) is 0. The molecule has 7 N–H and O–H groups in total. The summed E-state index contributed by atoms with van der Waals surface area (Å²) >= 11 is 0. The molecule has 7 fully saturated rings. The molecule has 8 aliphatic rings. The van der Waals surface area contributed by atoms with Crippen LogP contribution in [0.1, 0.15) is 92.4 Å². The minimum atomic E-state index is -1.63. The third kappa shape index (κ3) is 5.79. The lowest BCUT2D eigenvalue weighted by molar-refractivity contribution is -0.369. The smallest absolute Gasteiger partial charge is 0.187 e. The largest absolute Gasteiger partial charge is 0.394 e. The highest BCUT2D eigenvalue weighted by molar-refractivity contribution is 5.29. The Balaban J connectivity index is 0.976. The lowest BCUT2D eigenvalue weighted by Crippen LogP contribution is -2.64. The van der Waals surface area contributed by atoms with Crippen molar-refractivity contribution in [3.8, 4) is 0 Å². The number of hydrogen-bond donors (Lipinski definition) is 7. The molecule has 0 aromatic rings. The van der Waals surface area contributed by atoms with Crippen LogP contribution in [-0.4, -0.2) is 141 Å². The van der Waals surface area contributed by atoms with E-state index in [0.29, 0.717) is 30.6 Å². The SMILES string of the molecule is COC1OC2(CCC1C)OC1CC3C4CC=C5CC(OC6OC(CO)C(O)C(O)C6OC6OC(C)C(O)C(O)C6O)CCC5(C)C4CCC3(C)C1(O)C2C. The van der Waals surface area contributed by atoms with Crippen LogP contribution in [0.2, 0.25) is 0 Å². The Labute approximate surface area is 318 Å². The number of allylic oxidation sites excluding steroid dienone is 1. The maximum absolute atomic E-state index is 12.8. The van der Waals surface area contributed by atoms with Gasteiger partial charge in [-0.3, -0.25) is 0 Å². The number of methoxy groups -OCH3 is 1. The number of rotatable bonds is 6. The molecule has 22 unspecified atom stereocenters.